The first kappa shape index (κ1) is 15.3. The van der Waals surface area contributed by atoms with Crippen molar-refractivity contribution in [3.05, 3.63) is 30.1 Å². The molecule has 0 heterocycles. The predicted molar refractivity (Wildman–Crippen MR) is 73.7 cm³/mol. The van der Waals surface area contributed by atoms with E-state index in [0.717, 1.165) is 0 Å². The Kier molecular flexibility index (Phi) is 5.15. The normalized spacial score (nSPS) is 12.7. The SMILES string of the molecule is CC(CNC(=O)OC(C)(C)C)Nc1ccccc1F. The molecule has 2 N–H and O–H groups in total. The lowest BCUT2D eigenvalue weighted by Gasteiger charge is -2.21. The van der Waals surface area contributed by atoms with E-state index in [1.165, 1.54) is 6.07 Å². The van der Waals surface area contributed by atoms with Crippen LogP contribution in [0.2, 0.25) is 0 Å². The van der Waals surface area contributed by atoms with Crippen LogP contribution in [0.25, 0.3) is 0 Å². The number of ether oxygens (including phenoxy) is 1. The second kappa shape index (κ2) is 6.41. The van der Waals surface area contributed by atoms with Gasteiger partial charge in [-0.1, -0.05) is 12.1 Å². The number of para-hydroxylation sites is 1. The summed E-state index contributed by atoms with van der Waals surface area (Å²) in [5.41, 5.74) is -0.104. The maximum absolute atomic E-state index is 13.4. The molecular weight excluding hydrogens is 247 g/mol. The number of rotatable bonds is 4. The summed E-state index contributed by atoms with van der Waals surface area (Å²) in [5, 5.41) is 5.62. The molecule has 1 unspecified atom stereocenters. The molecule has 106 valence electrons. The van der Waals surface area contributed by atoms with Crippen LogP contribution in [0.1, 0.15) is 27.7 Å². The summed E-state index contributed by atoms with van der Waals surface area (Å²) in [4.78, 5) is 11.4. The summed E-state index contributed by atoms with van der Waals surface area (Å²) in [6.45, 7) is 7.60. The summed E-state index contributed by atoms with van der Waals surface area (Å²) in [6.07, 6.45) is -0.477. The number of carbonyl (C=O) groups excluding carboxylic acids is 1. The molecule has 0 aliphatic carbocycles. The molecule has 0 saturated heterocycles. The number of anilines is 1. The van der Waals surface area contributed by atoms with Crippen molar-refractivity contribution in [2.75, 3.05) is 11.9 Å². The van der Waals surface area contributed by atoms with Gasteiger partial charge in [0.25, 0.3) is 0 Å². The number of benzene rings is 1. The van der Waals surface area contributed by atoms with Crippen molar-refractivity contribution in [1.29, 1.82) is 0 Å². The highest BCUT2D eigenvalue weighted by molar-refractivity contribution is 5.67. The highest BCUT2D eigenvalue weighted by atomic mass is 19.1. The van der Waals surface area contributed by atoms with Gasteiger partial charge in [-0.2, -0.15) is 0 Å². The van der Waals surface area contributed by atoms with Gasteiger partial charge in [-0.15, -0.1) is 0 Å². The number of carbonyl (C=O) groups is 1. The summed E-state index contributed by atoms with van der Waals surface area (Å²) < 4.78 is 18.5. The standard InChI is InChI=1S/C14H21FN2O2/c1-10(9-16-13(18)19-14(2,3)4)17-12-8-6-5-7-11(12)15/h5-8,10,17H,9H2,1-4H3,(H,16,18). The number of alkyl carbamates (subject to hydrolysis) is 1. The van der Waals surface area contributed by atoms with Crippen molar-refractivity contribution in [3.63, 3.8) is 0 Å². The summed E-state index contributed by atoms with van der Waals surface area (Å²) in [5.74, 6) is -0.313. The van der Waals surface area contributed by atoms with Gasteiger partial charge in [-0.05, 0) is 39.8 Å². The number of halogens is 1. The topological polar surface area (TPSA) is 50.4 Å². The molecule has 0 aromatic heterocycles. The summed E-state index contributed by atoms with van der Waals surface area (Å²) in [7, 11) is 0. The third kappa shape index (κ3) is 6.08. The van der Waals surface area contributed by atoms with Crippen LogP contribution in [0.3, 0.4) is 0 Å². The Bertz CT molecular complexity index is 430. The molecule has 0 fully saturated rings. The monoisotopic (exact) mass is 268 g/mol. The lowest BCUT2D eigenvalue weighted by atomic mass is 10.2. The Balaban J connectivity index is 2.38. The van der Waals surface area contributed by atoms with Gasteiger partial charge in [-0.3, -0.25) is 0 Å². The van der Waals surface area contributed by atoms with Crippen LogP contribution in [0.5, 0.6) is 0 Å². The fraction of sp³-hybridized carbons (Fsp3) is 0.500. The third-order valence-electron chi connectivity index (χ3n) is 2.23. The van der Waals surface area contributed by atoms with Gasteiger partial charge in [0.2, 0.25) is 0 Å². The zero-order valence-electron chi connectivity index (χ0n) is 11.8. The highest BCUT2D eigenvalue weighted by Crippen LogP contribution is 2.13. The molecule has 0 radical (unpaired) electrons. The number of amides is 1. The van der Waals surface area contributed by atoms with Gasteiger partial charge in [0.1, 0.15) is 11.4 Å². The second-order valence-corrected chi connectivity index (χ2v) is 5.41. The molecule has 1 amide bonds. The minimum Gasteiger partial charge on any atom is -0.444 e. The molecule has 0 aliphatic heterocycles. The zero-order valence-corrected chi connectivity index (χ0v) is 11.8. The first-order valence-corrected chi connectivity index (χ1v) is 6.26. The minimum absolute atomic E-state index is 0.107. The average Bonchev–Trinajstić information content (AvgIpc) is 2.27. The number of hydrogen-bond donors (Lipinski definition) is 2. The van der Waals surface area contributed by atoms with Crippen LogP contribution in [0.15, 0.2) is 24.3 Å². The van der Waals surface area contributed by atoms with E-state index in [-0.39, 0.29) is 11.9 Å². The molecule has 19 heavy (non-hydrogen) atoms. The maximum Gasteiger partial charge on any atom is 0.407 e. The van der Waals surface area contributed by atoms with Gasteiger partial charge in [0.05, 0.1) is 5.69 Å². The largest absolute Gasteiger partial charge is 0.444 e. The molecule has 1 rings (SSSR count). The summed E-state index contributed by atoms with van der Waals surface area (Å²) >= 11 is 0. The molecule has 0 saturated carbocycles. The molecule has 0 spiro atoms. The van der Waals surface area contributed by atoms with Crippen molar-refractivity contribution >= 4 is 11.8 Å². The van der Waals surface area contributed by atoms with Crippen LogP contribution in [-0.4, -0.2) is 24.3 Å². The van der Waals surface area contributed by atoms with Crippen molar-refractivity contribution in [3.8, 4) is 0 Å². The van der Waals surface area contributed by atoms with Crippen molar-refractivity contribution in [1.82, 2.24) is 5.32 Å². The van der Waals surface area contributed by atoms with E-state index >= 15 is 0 Å². The second-order valence-electron chi connectivity index (χ2n) is 5.41. The first-order valence-electron chi connectivity index (χ1n) is 6.26. The van der Waals surface area contributed by atoms with E-state index in [1.807, 2.05) is 6.92 Å². The minimum atomic E-state index is -0.522. The van der Waals surface area contributed by atoms with Gasteiger partial charge < -0.3 is 15.4 Å². The molecule has 4 nitrogen and oxygen atoms in total. The van der Waals surface area contributed by atoms with Gasteiger partial charge in [0, 0.05) is 12.6 Å². The first-order chi connectivity index (χ1) is 8.78. The van der Waals surface area contributed by atoms with Crippen LogP contribution >= 0.6 is 0 Å². The Hall–Kier alpha value is -1.78. The lowest BCUT2D eigenvalue weighted by molar-refractivity contribution is 0.0526. The fourth-order valence-corrected chi connectivity index (χ4v) is 1.45. The Labute approximate surface area is 113 Å². The van der Waals surface area contributed by atoms with E-state index in [4.69, 9.17) is 4.74 Å². The molecule has 1 aromatic rings. The highest BCUT2D eigenvalue weighted by Gasteiger charge is 2.16. The van der Waals surface area contributed by atoms with Crippen LogP contribution in [-0.2, 0) is 4.74 Å². The van der Waals surface area contributed by atoms with Gasteiger partial charge >= 0.3 is 6.09 Å². The Morgan fingerprint density at radius 3 is 2.58 bits per heavy atom. The van der Waals surface area contributed by atoms with E-state index in [2.05, 4.69) is 10.6 Å². The van der Waals surface area contributed by atoms with Crippen molar-refractivity contribution < 1.29 is 13.9 Å². The van der Waals surface area contributed by atoms with E-state index in [1.54, 1.807) is 39.0 Å². The number of hydrogen-bond acceptors (Lipinski definition) is 3. The van der Waals surface area contributed by atoms with Crippen LogP contribution in [0.4, 0.5) is 14.9 Å². The Morgan fingerprint density at radius 2 is 2.00 bits per heavy atom. The van der Waals surface area contributed by atoms with E-state index < -0.39 is 11.7 Å². The molecule has 1 aromatic carbocycles. The number of nitrogens with one attached hydrogen (secondary N) is 2. The smallest absolute Gasteiger partial charge is 0.407 e. The fourth-order valence-electron chi connectivity index (χ4n) is 1.45. The van der Waals surface area contributed by atoms with Crippen LogP contribution in [0, 0.1) is 5.82 Å². The molecule has 0 bridgehead atoms. The molecule has 5 heteroatoms. The molecular formula is C14H21FN2O2. The van der Waals surface area contributed by atoms with Gasteiger partial charge in [-0.25, -0.2) is 9.18 Å². The summed E-state index contributed by atoms with van der Waals surface area (Å²) in [6, 6.07) is 6.31. The quantitative estimate of drug-likeness (QED) is 0.882. The molecule has 0 aliphatic rings. The van der Waals surface area contributed by atoms with E-state index in [9.17, 15) is 9.18 Å². The molecule has 1 atom stereocenters. The predicted octanol–water partition coefficient (Wildman–Crippen LogP) is 3.15. The van der Waals surface area contributed by atoms with Gasteiger partial charge in [0.15, 0.2) is 0 Å². The van der Waals surface area contributed by atoms with E-state index in [0.29, 0.717) is 12.2 Å². The lowest BCUT2D eigenvalue weighted by Crippen LogP contribution is -2.38. The van der Waals surface area contributed by atoms with Crippen LogP contribution < -0.4 is 10.6 Å². The van der Waals surface area contributed by atoms with Crippen molar-refractivity contribution in [2.24, 2.45) is 0 Å². The Morgan fingerprint density at radius 1 is 1.37 bits per heavy atom. The van der Waals surface area contributed by atoms with Crippen molar-refractivity contribution in [2.45, 2.75) is 39.3 Å². The zero-order chi connectivity index (χ0) is 14.5. The average molecular weight is 268 g/mol. The third-order valence-corrected chi connectivity index (χ3v) is 2.23. The maximum atomic E-state index is 13.4.